The summed E-state index contributed by atoms with van der Waals surface area (Å²) in [5, 5.41) is 0. The second-order valence-electron chi connectivity index (χ2n) is 8.03. The zero-order valence-corrected chi connectivity index (χ0v) is 13.5. The minimum atomic E-state index is 0.334. The Kier molecular flexibility index (Phi) is 4.94. The predicted octanol–water partition coefficient (Wildman–Crippen LogP) is 3.79. The van der Waals surface area contributed by atoms with E-state index >= 15 is 0 Å². The van der Waals surface area contributed by atoms with Crippen LogP contribution in [0.3, 0.4) is 0 Å². The van der Waals surface area contributed by atoms with Crippen LogP contribution < -0.4 is 5.73 Å². The van der Waals surface area contributed by atoms with Crippen molar-refractivity contribution in [2.75, 3.05) is 6.54 Å². The molecule has 0 aromatic rings. The Bertz CT molecular complexity index is 271. The standard InChI is InChI=1S/C17H34N2/c1-13(18)16-7-5-6-12-19(16)15-10-8-14(9-11-15)17(2,3)4/h13-16H,5-12,18H2,1-4H3. The summed E-state index contributed by atoms with van der Waals surface area (Å²) in [5.41, 5.74) is 6.71. The van der Waals surface area contributed by atoms with Crippen molar-refractivity contribution in [3.63, 3.8) is 0 Å². The molecule has 0 amide bonds. The van der Waals surface area contributed by atoms with Gasteiger partial charge in [-0.05, 0) is 63.3 Å². The van der Waals surface area contributed by atoms with Gasteiger partial charge in [-0.25, -0.2) is 0 Å². The molecular formula is C17H34N2. The molecule has 1 saturated heterocycles. The van der Waals surface area contributed by atoms with Gasteiger partial charge in [0, 0.05) is 18.1 Å². The summed E-state index contributed by atoms with van der Waals surface area (Å²) < 4.78 is 0. The molecule has 1 heterocycles. The number of nitrogens with two attached hydrogens (primary N) is 1. The summed E-state index contributed by atoms with van der Waals surface area (Å²) in [6, 6.07) is 1.79. The van der Waals surface area contributed by atoms with E-state index in [9.17, 15) is 0 Å². The molecule has 19 heavy (non-hydrogen) atoms. The number of hydrogen-bond acceptors (Lipinski definition) is 2. The van der Waals surface area contributed by atoms with Crippen molar-refractivity contribution < 1.29 is 0 Å². The molecule has 0 bridgehead atoms. The highest BCUT2D eigenvalue weighted by Gasteiger charge is 2.35. The molecule has 2 aliphatic rings. The normalized spacial score (nSPS) is 36.2. The van der Waals surface area contributed by atoms with E-state index in [2.05, 4.69) is 32.6 Å². The summed E-state index contributed by atoms with van der Waals surface area (Å²) in [4.78, 5) is 2.77. The van der Waals surface area contributed by atoms with E-state index < -0.39 is 0 Å². The van der Waals surface area contributed by atoms with E-state index in [1.165, 1.54) is 51.5 Å². The van der Waals surface area contributed by atoms with E-state index in [-0.39, 0.29) is 0 Å². The monoisotopic (exact) mass is 266 g/mol. The van der Waals surface area contributed by atoms with Crippen molar-refractivity contribution in [1.29, 1.82) is 0 Å². The van der Waals surface area contributed by atoms with Gasteiger partial charge in [-0.15, -0.1) is 0 Å². The van der Waals surface area contributed by atoms with E-state index in [0.717, 1.165) is 12.0 Å². The Morgan fingerprint density at radius 1 is 1.00 bits per heavy atom. The first-order valence-electron chi connectivity index (χ1n) is 8.41. The molecule has 1 aliphatic carbocycles. The maximum Gasteiger partial charge on any atom is 0.0247 e. The fourth-order valence-corrected chi connectivity index (χ4v) is 4.27. The number of likely N-dealkylation sites (tertiary alicyclic amines) is 1. The van der Waals surface area contributed by atoms with E-state index in [0.29, 0.717) is 17.5 Å². The molecule has 2 fully saturated rings. The molecule has 2 unspecified atom stereocenters. The van der Waals surface area contributed by atoms with Gasteiger partial charge in [0.1, 0.15) is 0 Å². The molecule has 2 nitrogen and oxygen atoms in total. The lowest BCUT2D eigenvalue weighted by atomic mass is 9.71. The van der Waals surface area contributed by atoms with E-state index in [1.807, 2.05) is 0 Å². The quantitative estimate of drug-likeness (QED) is 0.824. The van der Waals surface area contributed by atoms with Gasteiger partial charge in [0.05, 0.1) is 0 Å². The lowest BCUT2D eigenvalue weighted by Gasteiger charge is -2.47. The van der Waals surface area contributed by atoms with Gasteiger partial charge in [-0.2, -0.15) is 0 Å². The largest absolute Gasteiger partial charge is 0.327 e. The van der Waals surface area contributed by atoms with Crippen molar-refractivity contribution in [3.05, 3.63) is 0 Å². The molecule has 0 aromatic heterocycles. The van der Waals surface area contributed by atoms with Crippen LogP contribution in [0.15, 0.2) is 0 Å². The zero-order valence-electron chi connectivity index (χ0n) is 13.5. The molecule has 1 aliphatic heterocycles. The third-order valence-electron chi connectivity index (χ3n) is 5.59. The molecular weight excluding hydrogens is 232 g/mol. The molecule has 2 rings (SSSR count). The Morgan fingerprint density at radius 2 is 1.63 bits per heavy atom. The first-order valence-corrected chi connectivity index (χ1v) is 8.41. The smallest absolute Gasteiger partial charge is 0.0247 e. The van der Waals surface area contributed by atoms with Gasteiger partial charge in [0.25, 0.3) is 0 Å². The second-order valence-corrected chi connectivity index (χ2v) is 8.03. The van der Waals surface area contributed by atoms with Crippen LogP contribution >= 0.6 is 0 Å². The summed E-state index contributed by atoms with van der Waals surface area (Å²) in [5.74, 6) is 0.919. The van der Waals surface area contributed by atoms with E-state index in [4.69, 9.17) is 5.73 Å². The maximum atomic E-state index is 6.22. The molecule has 2 atom stereocenters. The number of piperidine rings is 1. The van der Waals surface area contributed by atoms with Gasteiger partial charge in [0.15, 0.2) is 0 Å². The average molecular weight is 266 g/mol. The molecule has 2 heteroatoms. The minimum Gasteiger partial charge on any atom is -0.327 e. The highest BCUT2D eigenvalue weighted by atomic mass is 15.2. The van der Waals surface area contributed by atoms with Crippen LogP contribution in [-0.4, -0.2) is 29.6 Å². The fraction of sp³-hybridized carbons (Fsp3) is 1.00. The van der Waals surface area contributed by atoms with Crippen LogP contribution in [-0.2, 0) is 0 Å². The maximum absolute atomic E-state index is 6.22. The average Bonchev–Trinajstić information content (AvgIpc) is 2.38. The van der Waals surface area contributed by atoms with Crippen LogP contribution in [0, 0.1) is 11.3 Å². The molecule has 1 saturated carbocycles. The SMILES string of the molecule is CC(N)C1CCCCN1C1CCC(C(C)(C)C)CC1. The summed E-state index contributed by atoms with van der Waals surface area (Å²) in [6.07, 6.45) is 9.68. The Hall–Kier alpha value is -0.0800. The van der Waals surface area contributed by atoms with Crippen molar-refractivity contribution >= 4 is 0 Å². The summed E-state index contributed by atoms with van der Waals surface area (Å²) >= 11 is 0. The van der Waals surface area contributed by atoms with Crippen LogP contribution in [0.4, 0.5) is 0 Å². The van der Waals surface area contributed by atoms with Crippen molar-refractivity contribution in [2.45, 2.75) is 90.8 Å². The number of rotatable bonds is 2. The first kappa shape index (κ1) is 15.3. The van der Waals surface area contributed by atoms with Gasteiger partial charge >= 0.3 is 0 Å². The molecule has 0 radical (unpaired) electrons. The van der Waals surface area contributed by atoms with Crippen molar-refractivity contribution in [1.82, 2.24) is 4.90 Å². The number of nitrogens with zero attached hydrogens (tertiary/aromatic N) is 1. The van der Waals surface area contributed by atoms with Gasteiger partial charge in [-0.1, -0.05) is 27.2 Å². The Balaban J connectivity index is 1.92. The van der Waals surface area contributed by atoms with Gasteiger partial charge in [0.2, 0.25) is 0 Å². The number of hydrogen-bond donors (Lipinski definition) is 1. The van der Waals surface area contributed by atoms with Gasteiger partial charge in [-0.3, -0.25) is 4.90 Å². The van der Waals surface area contributed by atoms with Crippen LogP contribution in [0.2, 0.25) is 0 Å². The summed E-state index contributed by atoms with van der Waals surface area (Å²) in [7, 11) is 0. The highest BCUT2D eigenvalue weighted by molar-refractivity contribution is 4.91. The van der Waals surface area contributed by atoms with Crippen LogP contribution in [0.5, 0.6) is 0 Å². The second kappa shape index (κ2) is 6.13. The molecule has 0 spiro atoms. The lowest BCUT2D eigenvalue weighted by Crippen LogP contribution is -2.54. The van der Waals surface area contributed by atoms with Crippen LogP contribution in [0.25, 0.3) is 0 Å². The summed E-state index contributed by atoms with van der Waals surface area (Å²) in [6.45, 7) is 10.7. The predicted molar refractivity (Wildman–Crippen MR) is 83.2 cm³/mol. The van der Waals surface area contributed by atoms with Crippen LogP contribution in [0.1, 0.15) is 72.6 Å². The Labute approximate surface area is 120 Å². The molecule has 2 N–H and O–H groups in total. The lowest BCUT2D eigenvalue weighted by molar-refractivity contribution is 0.0376. The molecule has 112 valence electrons. The first-order chi connectivity index (χ1) is 8.89. The topological polar surface area (TPSA) is 29.3 Å². The fourth-order valence-electron chi connectivity index (χ4n) is 4.27. The van der Waals surface area contributed by atoms with E-state index in [1.54, 1.807) is 0 Å². The molecule has 0 aromatic carbocycles. The third kappa shape index (κ3) is 3.72. The minimum absolute atomic E-state index is 0.334. The third-order valence-corrected chi connectivity index (χ3v) is 5.59. The van der Waals surface area contributed by atoms with Crippen molar-refractivity contribution in [2.24, 2.45) is 17.1 Å². The van der Waals surface area contributed by atoms with Crippen molar-refractivity contribution in [3.8, 4) is 0 Å². The zero-order chi connectivity index (χ0) is 14.0. The Morgan fingerprint density at radius 3 is 2.16 bits per heavy atom. The van der Waals surface area contributed by atoms with Gasteiger partial charge < -0.3 is 5.73 Å². The highest BCUT2D eigenvalue weighted by Crippen LogP contribution is 2.40.